The van der Waals surface area contributed by atoms with Crippen molar-refractivity contribution in [3.05, 3.63) is 60.9 Å². The first-order valence-corrected chi connectivity index (χ1v) is 15.3. The third kappa shape index (κ3) is 12.8. The molecular formula is C34H46F2N2O4. The van der Waals surface area contributed by atoms with Crippen molar-refractivity contribution in [1.82, 2.24) is 9.97 Å². The Morgan fingerprint density at radius 1 is 0.571 bits per heavy atom. The summed E-state index contributed by atoms with van der Waals surface area (Å²) >= 11 is 0. The molecule has 230 valence electrons. The Hall–Kier alpha value is -3.10. The molecule has 3 aromatic rings. The Kier molecular flexibility index (Phi) is 15.8. The van der Waals surface area contributed by atoms with Gasteiger partial charge in [0.15, 0.2) is 5.82 Å². The fraction of sp³-hybridized carbons (Fsp3) is 0.529. The maximum absolute atomic E-state index is 14.2. The molecule has 0 saturated heterocycles. The highest BCUT2D eigenvalue weighted by Crippen LogP contribution is 2.25. The zero-order chi connectivity index (χ0) is 29.8. The second kappa shape index (κ2) is 19.9. The number of unbranched alkanes of at least 4 members (excludes halogenated alkanes) is 4. The zero-order valence-electron chi connectivity index (χ0n) is 25.1. The van der Waals surface area contributed by atoms with Gasteiger partial charge < -0.3 is 18.9 Å². The van der Waals surface area contributed by atoms with E-state index in [4.69, 9.17) is 18.9 Å². The van der Waals surface area contributed by atoms with Crippen molar-refractivity contribution in [3.63, 3.8) is 0 Å². The Labute approximate surface area is 249 Å². The molecule has 1 heterocycles. The van der Waals surface area contributed by atoms with E-state index in [0.29, 0.717) is 30.2 Å². The van der Waals surface area contributed by atoms with E-state index >= 15 is 0 Å². The van der Waals surface area contributed by atoms with Gasteiger partial charge in [-0.25, -0.2) is 18.7 Å². The van der Waals surface area contributed by atoms with Crippen LogP contribution in [0, 0.1) is 0 Å². The highest BCUT2D eigenvalue weighted by Gasteiger charge is 2.10. The summed E-state index contributed by atoms with van der Waals surface area (Å²) in [5.74, 6) is 1.84. The number of alkyl halides is 2. The highest BCUT2D eigenvalue weighted by molar-refractivity contribution is 5.64. The summed E-state index contributed by atoms with van der Waals surface area (Å²) in [6.45, 7) is 6.98. The molecule has 0 aliphatic heterocycles. The molecule has 0 radical (unpaired) electrons. The van der Waals surface area contributed by atoms with E-state index in [-0.39, 0.29) is 13.2 Å². The summed E-state index contributed by atoms with van der Waals surface area (Å²) in [5.41, 5.74) is 2.66. The van der Waals surface area contributed by atoms with E-state index < -0.39 is 12.3 Å². The van der Waals surface area contributed by atoms with Gasteiger partial charge in [0.25, 0.3) is 0 Å². The van der Waals surface area contributed by atoms with Gasteiger partial charge in [0.2, 0.25) is 0 Å². The van der Waals surface area contributed by atoms with Crippen LogP contribution in [-0.2, 0) is 9.47 Å². The topological polar surface area (TPSA) is 62.7 Å². The van der Waals surface area contributed by atoms with Crippen LogP contribution in [0.2, 0.25) is 0 Å². The van der Waals surface area contributed by atoms with Gasteiger partial charge in [0, 0.05) is 49.9 Å². The summed E-state index contributed by atoms with van der Waals surface area (Å²) in [6, 6.07) is 14.9. The van der Waals surface area contributed by atoms with E-state index in [9.17, 15) is 8.78 Å². The van der Waals surface area contributed by atoms with Gasteiger partial charge in [-0.1, -0.05) is 37.8 Å². The van der Waals surface area contributed by atoms with E-state index in [1.165, 1.54) is 0 Å². The van der Waals surface area contributed by atoms with Gasteiger partial charge in [0.1, 0.15) is 37.1 Å². The first-order valence-electron chi connectivity index (χ1n) is 15.3. The summed E-state index contributed by atoms with van der Waals surface area (Å²) in [5, 5.41) is 0. The van der Waals surface area contributed by atoms with Crippen LogP contribution >= 0.6 is 0 Å². The summed E-state index contributed by atoms with van der Waals surface area (Å²) in [6.07, 6.45) is 8.09. The number of hydrogen-bond acceptors (Lipinski definition) is 6. The van der Waals surface area contributed by atoms with Crippen molar-refractivity contribution in [2.45, 2.75) is 77.6 Å². The molecule has 0 aliphatic carbocycles. The molecular weight excluding hydrogens is 538 g/mol. The van der Waals surface area contributed by atoms with Crippen LogP contribution in [0.15, 0.2) is 60.9 Å². The molecule has 2 unspecified atom stereocenters. The fourth-order valence-corrected chi connectivity index (χ4v) is 4.39. The molecule has 0 aliphatic rings. The predicted octanol–water partition coefficient (Wildman–Crippen LogP) is 8.44. The van der Waals surface area contributed by atoms with Gasteiger partial charge in [-0.3, -0.25) is 0 Å². The van der Waals surface area contributed by atoms with Gasteiger partial charge in [-0.2, -0.15) is 0 Å². The number of rotatable bonds is 22. The van der Waals surface area contributed by atoms with Gasteiger partial charge in [-0.15, -0.1) is 0 Å². The molecule has 0 fully saturated rings. The molecule has 8 heteroatoms. The highest BCUT2D eigenvalue weighted by atomic mass is 19.1. The van der Waals surface area contributed by atoms with Crippen LogP contribution in [0.5, 0.6) is 11.5 Å². The van der Waals surface area contributed by atoms with Crippen molar-refractivity contribution < 1.29 is 27.7 Å². The SMILES string of the molecule is CCOCCCCCC(F)COc1ccc(-c2cnc(-c3ccc(OCC(F)CCCCCOCC)cc3)nc2)cc1. The molecule has 0 N–H and O–H groups in total. The van der Waals surface area contributed by atoms with Crippen molar-refractivity contribution in [2.24, 2.45) is 0 Å². The molecule has 0 amide bonds. The minimum atomic E-state index is -0.986. The number of benzene rings is 2. The third-order valence-electron chi connectivity index (χ3n) is 6.83. The van der Waals surface area contributed by atoms with Crippen LogP contribution in [0.25, 0.3) is 22.5 Å². The minimum absolute atomic E-state index is 0.0452. The van der Waals surface area contributed by atoms with Crippen LogP contribution in [0.3, 0.4) is 0 Å². The lowest BCUT2D eigenvalue weighted by molar-refractivity contribution is 0.140. The second-order valence-corrected chi connectivity index (χ2v) is 10.3. The first-order chi connectivity index (χ1) is 20.6. The Morgan fingerprint density at radius 2 is 1.02 bits per heavy atom. The lowest BCUT2D eigenvalue weighted by Crippen LogP contribution is -2.12. The van der Waals surface area contributed by atoms with Crippen molar-refractivity contribution in [3.8, 4) is 34.0 Å². The molecule has 0 bridgehead atoms. The Bertz CT molecular complexity index is 1010. The number of hydrogen-bond donors (Lipinski definition) is 0. The molecule has 1 aromatic heterocycles. The number of halogens is 2. The number of nitrogens with zero attached hydrogens (tertiary/aromatic N) is 2. The average Bonchev–Trinajstić information content (AvgIpc) is 3.03. The third-order valence-corrected chi connectivity index (χ3v) is 6.83. The van der Waals surface area contributed by atoms with Gasteiger partial charge in [-0.05, 0) is 81.5 Å². The Balaban J connectivity index is 1.38. The maximum Gasteiger partial charge on any atom is 0.159 e. The minimum Gasteiger partial charge on any atom is -0.491 e. The van der Waals surface area contributed by atoms with Crippen LogP contribution in [0.1, 0.15) is 65.2 Å². The van der Waals surface area contributed by atoms with Crippen LogP contribution in [-0.4, -0.2) is 62.0 Å². The molecule has 0 spiro atoms. The van der Waals surface area contributed by atoms with E-state index in [0.717, 1.165) is 81.6 Å². The lowest BCUT2D eigenvalue weighted by Gasteiger charge is -2.11. The average molecular weight is 585 g/mol. The molecule has 3 rings (SSSR count). The van der Waals surface area contributed by atoms with Crippen molar-refractivity contribution in [1.29, 1.82) is 0 Å². The van der Waals surface area contributed by atoms with Crippen molar-refractivity contribution in [2.75, 3.05) is 39.6 Å². The monoisotopic (exact) mass is 584 g/mol. The smallest absolute Gasteiger partial charge is 0.159 e. The van der Waals surface area contributed by atoms with Crippen molar-refractivity contribution >= 4 is 0 Å². The first kappa shape index (κ1) is 33.4. The summed E-state index contributed by atoms with van der Waals surface area (Å²) in [7, 11) is 0. The largest absolute Gasteiger partial charge is 0.491 e. The molecule has 42 heavy (non-hydrogen) atoms. The normalized spacial score (nSPS) is 12.7. The van der Waals surface area contributed by atoms with E-state index in [2.05, 4.69) is 9.97 Å². The lowest BCUT2D eigenvalue weighted by atomic mass is 10.1. The molecule has 2 aromatic carbocycles. The zero-order valence-corrected chi connectivity index (χ0v) is 25.1. The fourth-order valence-electron chi connectivity index (χ4n) is 4.39. The predicted molar refractivity (Wildman–Crippen MR) is 164 cm³/mol. The van der Waals surface area contributed by atoms with E-state index in [1.807, 2.05) is 62.4 Å². The summed E-state index contributed by atoms with van der Waals surface area (Å²) < 4.78 is 50.2. The summed E-state index contributed by atoms with van der Waals surface area (Å²) in [4.78, 5) is 9.03. The van der Waals surface area contributed by atoms with Crippen LogP contribution < -0.4 is 9.47 Å². The maximum atomic E-state index is 14.2. The second-order valence-electron chi connectivity index (χ2n) is 10.3. The quantitative estimate of drug-likeness (QED) is 0.110. The van der Waals surface area contributed by atoms with Crippen LogP contribution in [0.4, 0.5) is 8.78 Å². The van der Waals surface area contributed by atoms with Gasteiger partial charge in [0.05, 0.1) is 0 Å². The Morgan fingerprint density at radius 3 is 1.48 bits per heavy atom. The molecule has 0 saturated carbocycles. The van der Waals surface area contributed by atoms with E-state index in [1.54, 1.807) is 12.4 Å². The number of ether oxygens (including phenoxy) is 4. The molecule has 6 nitrogen and oxygen atoms in total. The van der Waals surface area contributed by atoms with Gasteiger partial charge >= 0.3 is 0 Å². The standard InChI is InChI=1S/C34H46F2N2O4/c1-3-39-21-9-5-7-11-30(35)25-41-32-17-13-27(14-18-32)29-23-37-34(38-24-29)28-15-19-33(20-16-28)42-26-31(36)12-8-6-10-22-40-4-2/h13-20,23-24,30-31H,3-12,21-22,25-26H2,1-2H3. The number of aromatic nitrogens is 2. The molecule has 2 atom stereocenters.